The van der Waals surface area contributed by atoms with E-state index in [0.717, 1.165) is 19.6 Å². The minimum absolute atomic E-state index is 0.118. The molecule has 0 saturated heterocycles. The second-order valence-electron chi connectivity index (χ2n) is 5.70. The fourth-order valence-electron chi connectivity index (χ4n) is 2.40. The average molecular weight is 355 g/mol. The number of carbonyl (C=O) groups excluding carboxylic acids is 2. The summed E-state index contributed by atoms with van der Waals surface area (Å²) in [6.45, 7) is 7.57. The van der Waals surface area contributed by atoms with E-state index in [1.807, 2.05) is 0 Å². The van der Waals surface area contributed by atoms with E-state index in [1.54, 1.807) is 48.7 Å². The predicted molar refractivity (Wildman–Crippen MR) is 103 cm³/mol. The number of anilines is 1. The lowest BCUT2D eigenvalue weighted by atomic mass is 10.2. The largest absolute Gasteiger partial charge is 0.465 e. The summed E-state index contributed by atoms with van der Waals surface area (Å²) in [4.78, 5) is 26.2. The van der Waals surface area contributed by atoms with E-state index >= 15 is 0 Å². The van der Waals surface area contributed by atoms with Gasteiger partial charge in [0.1, 0.15) is 5.76 Å². The van der Waals surface area contributed by atoms with Gasteiger partial charge in [-0.3, -0.25) is 9.59 Å². The number of hydrogen-bond acceptors (Lipinski definition) is 4. The van der Waals surface area contributed by atoms with Crippen LogP contribution in [0.1, 0.15) is 30.0 Å². The first kappa shape index (κ1) is 19.5. The van der Waals surface area contributed by atoms with Gasteiger partial charge in [-0.15, -0.1) is 0 Å². The molecule has 0 spiro atoms. The highest BCUT2D eigenvalue weighted by molar-refractivity contribution is 6.02. The van der Waals surface area contributed by atoms with Crippen LogP contribution in [0.5, 0.6) is 0 Å². The lowest BCUT2D eigenvalue weighted by Crippen LogP contribution is -2.34. The number of amides is 2. The second kappa shape index (κ2) is 10.2. The molecule has 2 N–H and O–H groups in total. The summed E-state index contributed by atoms with van der Waals surface area (Å²) in [5.74, 6) is 0.224. The van der Waals surface area contributed by atoms with Gasteiger partial charge in [0.05, 0.1) is 6.26 Å². The van der Waals surface area contributed by atoms with Crippen molar-refractivity contribution in [2.75, 3.05) is 31.5 Å². The molecular weight excluding hydrogens is 330 g/mol. The zero-order chi connectivity index (χ0) is 18.8. The minimum Gasteiger partial charge on any atom is -0.465 e. The fourth-order valence-corrected chi connectivity index (χ4v) is 2.40. The van der Waals surface area contributed by atoms with Crippen LogP contribution in [0, 0.1) is 0 Å². The Balaban J connectivity index is 1.81. The van der Waals surface area contributed by atoms with Crippen molar-refractivity contribution in [3.05, 3.63) is 60.1 Å². The quantitative estimate of drug-likeness (QED) is 0.678. The molecule has 138 valence electrons. The smallest absolute Gasteiger partial charge is 0.251 e. The van der Waals surface area contributed by atoms with Crippen molar-refractivity contribution in [2.45, 2.75) is 13.8 Å². The molecule has 0 aliphatic rings. The van der Waals surface area contributed by atoms with Crippen molar-refractivity contribution < 1.29 is 14.0 Å². The lowest BCUT2D eigenvalue weighted by Gasteiger charge is -2.17. The summed E-state index contributed by atoms with van der Waals surface area (Å²) < 4.78 is 5.12. The normalized spacial score (nSPS) is 11.0. The van der Waals surface area contributed by atoms with Crippen molar-refractivity contribution in [2.24, 2.45) is 0 Å². The van der Waals surface area contributed by atoms with E-state index in [9.17, 15) is 9.59 Å². The Labute approximate surface area is 153 Å². The summed E-state index contributed by atoms with van der Waals surface area (Å²) in [6.07, 6.45) is 4.53. The number of furan rings is 1. The topological polar surface area (TPSA) is 74.6 Å². The van der Waals surface area contributed by atoms with Crippen molar-refractivity contribution in [1.29, 1.82) is 0 Å². The number of nitrogens with one attached hydrogen (secondary N) is 2. The van der Waals surface area contributed by atoms with E-state index in [1.165, 1.54) is 6.08 Å². The molecule has 0 saturated carbocycles. The Kier molecular flexibility index (Phi) is 7.64. The molecule has 0 aliphatic heterocycles. The van der Waals surface area contributed by atoms with Gasteiger partial charge in [0.25, 0.3) is 5.91 Å². The van der Waals surface area contributed by atoms with Crippen molar-refractivity contribution in [3.63, 3.8) is 0 Å². The molecular formula is C20H25N3O3. The van der Waals surface area contributed by atoms with Crippen molar-refractivity contribution in [1.82, 2.24) is 10.2 Å². The third-order valence-electron chi connectivity index (χ3n) is 3.96. The van der Waals surface area contributed by atoms with Gasteiger partial charge in [0.2, 0.25) is 5.91 Å². The molecule has 0 aliphatic carbocycles. The van der Waals surface area contributed by atoms with Gasteiger partial charge in [-0.05, 0) is 55.6 Å². The molecule has 2 rings (SSSR count). The van der Waals surface area contributed by atoms with Crippen LogP contribution in [0.4, 0.5) is 5.69 Å². The first-order valence-corrected chi connectivity index (χ1v) is 8.75. The van der Waals surface area contributed by atoms with Gasteiger partial charge in [-0.1, -0.05) is 13.8 Å². The van der Waals surface area contributed by atoms with Gasteiger partial charge in [-0.2, -0.15) is 0 Å². The predicted octanol–water partition coefficient (Wildman–Crippen LogP) is 3.00. The number of rotatable bonds is 9. The molecule has 1 aromatic heterocycles. The third-order valence-corrected chi connectivity index (χ3v) is 3.96. The van der Waals surface area contributed by atoms with Crippen LogP contribution < -0.4 is 10.6 Å². The van der Waals surface area contributed by atoms with Crippen LogP contribution in [-0.4, -0.2) is 42.9 Å². The number of carbonyl (C=O) groups is 2. The molecule has 26 heavy (non-hydrogen) atoms. The van der Waals surface area contributed by atoms with Gasteiger partial charge >= 0.3 is 0 Å². The third kappa shape index (κ3) is 6.22. The molecule has 1 aromatic carbocycles. The van der Waals surface area contributed by atoms with Crippen LogP contribution in [0.2, 0.25) is 0 Å². The number of hydrogen-bond donors (Lipinski definition) is 2. The molecule has 0 atom stereocenters. The molecule has 0 bridgehead atoms. The molecule has 0 radical (unpaired) electrons. The van der Waals surface area contributed by atoms with Crippen molar-refractivity contribution >= 4 is 23.6 Å². The maximum atomic E-state index is 12.1. The fraction of sp³-hybridized carbons (Fsp3) is 0.300. The molecule has 6 nitrogen and oxygen atoms in total. The number of likely N-dealkylation sites (N-methyl/N-ethyl adjacent to an activating group) is 1. The first-order chi connectivity index (χ1) is 12.6. The van der Waals surface area contributed by atoms with Crippen LogP contribution in [0.15, 0.2) is 53.2 Å². The number of nitrogens with zero attached hydrogens (tertiary/aromatic N) is 1. The zero-order valence-electron chi connectivity index (χ0n) is 15.2. The SMILES string of the molecule is CCN(CC)CCNC(=O)c1ccc(NC(=O)/C=C/c2ccco2)cc1. The van der Waals surface area contributed by atoms with E-state index in [-0.39, 0.29) is 11.8 Å². The van der Waals surface area contributed by atoms with Crippen LogP contribution >= 0.6 is 0 Å². The Morgan fingerprint density at radius 3 is 2.46 bits per heavy atom. The van der Waals surface area contributed by atoms with Crippen LogP contribution in [0.3, 0.4) is 0 Å². The summed E-state index contributed by atoms with van der Waals surface area (Å²) >= 11 is 0. The Hall–Kier alpha value is -2.86. The summed E-state index contributed by atoms with van der Waals surface area (Å²) in [5, 5.41) is 5.64. The molecule has 2 aromatic rings. The van der Waals surface area contributed by atoms with Crippen LogP contribution in [0.25, 0.3) is 6.08 Å². The van der Waals surface area contributed by atoms with E-state index < -0.39 is 0 Å². The highest BCUT2D eigenvalue weighted by Gasteiger charge is 2.06. The highest BCUT2D eigenvalue weighted by atomic mass is 16.3. The molecule has 2 amide bonds. The molecule has 1 heterocycles. The van der Waals surface area contributed by atoms with Gasteiger partial charge in [-0.25, -0.2) is 0 Å². The average Bonchev–Trinajstić information content (AvgIpc) is 3.18. The minimum atomic E-state index is -0.266. The standard InChI is InChI=1S/C20H25N3O3/c1-3-23(4-2)14-13-21-20(25)16-7-9-17(10-8-16)22-19(24)12-11-18-6-5-15-26-18/h5-12,15H,3-4,13-14H2,1-2H3,(H,21,25)(H,22,24)/b12-11+. The summed E-state index contributed by atoms with van der Waals surface area (Å²) in [6, 6.07) is 10.3. The first-order valence-electron chi connectivity index (χ1n) is 8.75. The Morgan fingerprint density at radius 1 is 1.12 bits per heavy atom. The molecule has 0 unspecified atom stereocenters. The highest BCUT2D eigenvalue weighted by Crippen LogP contribution is 2.10. The monoisotopic (exact) mass is 355 g/mol. The lowest BCUT2D eigenvalue weighted by molar-refractivity contribution is -0.111. The summed E-state index contributed by atoms with van der Waals surface area (Å²) in [5.41, 5.74) is 1.19. The Morgan fingerprint density at radius 2 is 1.85 bits per heavy atom. The maximum absolute atomic E-state index is 12.1. The Bertz CT molecular complexity index is 717. The molecule has 6 heteroatoms. The van der Waals surface area contributed by atoms with E-state index in [0.29, 0.717) is 23.6 Å². The molecule has 0 fully saturated rings. The summed E-state index contributed by atoms with van der Waals surface area (Å²) in [7, 11) is 0. The number of benzene rings is 1. The van der Waals surface area contributed by atoms with E-state index in [2.05, 4.69) is 29.4 Å². The van der Waals surface area contributed by atoms with Gasteiger partial charge < -0.3 is 20.0 Å². The zero-order valence-corrected chi connectivity index (χ0v) is 15.2. The van der Waals surface area contributed by atoms with Gasteiger partial charge in [0, 0.05) is 30.4 Å². The van der Waals surface area contributed by atoms with Crippen molar-refractivity contribution in [3.8, 4) is 0 Å². The van der Waals surface area contributed by atoms with Crippen LogP contribution in [-0.2, 0) is 4.79 Å². The maximum Gasteiger partial charge on any atom is 0.251 e. The van der Waals surface area contributed by atoms with Gasteiger partial charge in [0.15, 0.2) is 0 Å². The second-order valence-corrected chi connectivity index (χ2v) is 5.70. The van der Waals surface area contributed by atoms with E-state index in [4.69, 9.17) is 4.42 Å².